The third-order valence-corrected chi connectivity index (χ3v) is 10.6. The van der Waals surface area contributed by atoms with Gasteiger partial charge in [0.15, 0.2) is 5.82 Å². The molecule has 0 spiro atoms. The van der Waals surface area contributed by atoms with Crippen LogP contribution in [0.5, 0.6) is 0 Å². The van der Waals surface area contributed by atoms with Crippen LogP contribution in [-0.2, 0) is 5.41 Å². The van der Waals surface area contributed by atoms with Crippen LogP contribution in [0.2, 0.25) is 0 Å². The van der Waals surface area contributed by atoms with Gasteiger partial charge in [-0.25, -0.2) is 9.97 Å². The van der Waals surface area contributed by atoms with Gasteiger partial charge in [-0.2, -0.15) is 0 Å². The van der Waals surface area contributed by atoms with Crippen molar-refractivity contribution >= 4 is 31.5 Å². The molecule has 3 heteroatoms. The molecule has 1 aliphatic rings. The third kappa shape index (κ3) is 4.23. The van der Waals surface area contributed by atoms with Crippen molar-refractivity contribution in [3.8, 4) is 56.2 Å². The first-order valence-corrected chi connectivity index (χ1v) is 16.6. The minimum Gasteiger partial charge on any atom is -0.228 e. The molecule has 2 heterocycles. The van der Waals surface area contributed by atoms with Gasteiger partial charge >= 0.3 is 0 Å². The van der Waals surface area contributed by atoms with Crippen LogP contribution in [0.3, 0.4) is 0 Å². The molecule has 0 radical (unpaired) electrons. The van der Waals surface area contributed by atoms with Crippen LogP contribution in [-0.4, -0.2) is 9.97 Å². The molecule has 0 amide bonds. The molecule has 0 fully saturated rings. The Morgan fingerprint density at radius 1 is 0.457 bits per heavy atom. The average Bonchev–Trinajstić information content (AvgIpc) is 3.60. The molecule has 218 valence electrons. The van der Waals surface area contributed by atoms with Crippen LogP contribution in [0.4, 0.5) is 0 Å². The highest BCUT2D eigenvalue weighted by atomic mass is 32.1. The topological polar surface area (TPSA) is 25.8 Å². The van der Waals surface area contributed by atoms with Crippen molar-refractivity contribution in [3.05, 3.63) is 157 Å². The summed E-state index contributed by atoms with van der Waals surface area (Å²) in [6.45, 7) is 4.60. The Morgan fingerprint density at radius 3 is 1.85 bits per heavy atom. The van der Waals surface area contributed by atoms with E-state index in [2.05, 4.69) is 153 Å². The molecule has 8 aromatic rings. The summed E-state index contributed by atoms with van der Waals surface area (Å²) in [5.74, 6) is 0.755. The zero-order valence-corrected chi connectivity index (χ0v) is 26.5. The maximum atomic E-state index is 5.30. The smallest absolute Gasteiger partial charge is 0.160 e. The normalized spacial score (nSPS) is 13.2. The van der Waals surface area contributed by atoms with Crippen LogP contribution >= 0.6 is 11.3 Å². The fourth-order valence-corrected chi connectivity index (χ4v) is 8.26. The summed E-state index contributed by atoms with van der Waals surface area (Å²) in [4.78, 5) is 10.5. The molecule has 1 aliphatic carbocycles. The Balaban J connectivity index is 1.18. The van der Waals surface area contributed by atoms with E-state index in [1.807, 2.05) is 17.4 Å². The van der Waals surface area contributed by atoms with Gasteiger partial charge in [0.2, 0.25) is 0 Å². The van der Waals surface area contributed by atoms with Gasteiger partial charge in [-0.05, 0) is 58.1 Å². The van der Waals surface area contributed by atoms with Crippen LogP contribution < -0.4 is 0 Å². The standard InChI is InChI=1S/C43H30N2S/c1-43(2)36-20-8-6-19-34(36)41-39(43)40(44-42(45-41)27-12-4-3-5-13-27)32-17-11-16-30(25-32)28-14-10-15-29(24-28)31-22-23-38-35(26-31)33-18-7-9-21-37(33)46-38/h3-26H,1-2H3. The number of benzene rings is 6. The van der Waals surface area contributed by atoms with Crippen LogP contribution in [0.15, 0.2) is 146 Å². The summed E-state index contributed by atoms with van der Waals surface area (Å²) in [7, 11) is 0. The second-order valence-electron chi connectivity index (χ2n) is 12.6. The molecule has 0 saturated carbocycles. The molecule has 0 N–H and O–H groups in total. The summed E-state index contributed by atoms with van der Waals surface area (Å²) in [5.41, 5.74) is 12.4. The second kappa shape index (κ2) is 10.3. The molecule has 46 heavy (non-hydrogen) atoms. The minimum absolute atomic E-state index is 0.225. The zero-order chi connectivity index (χ0) is 30.8. The van der Waals surface area contributed by atoms with E-state index in [4.69, 9.17) is 9.97 Å². The molecular weight excluding hydrogens is 577 g/mol. The largest absolute Gasteiger partial charge is 0.228 e. The molecular formula is C43H30N2S. The maximum absolute atomic E-state index is 5.30. The van der Waals surface area contributed by atoms with E-state index in [1.165, 1.54) is 59.1 Å². The van der Waals surface area contributed by atoms with E-state index in [0.29, 0.717) is 0 Å². The summed E-state index contributed by atoms with van der Waals surface area (Å²) in [6.07, 6.45) is 0. The van der Waals surface area contributed by atoms with Gasteiger partial charge in [-0.1, -0.05) is 129 Å². The number of thiophene rings is 1. The van der Waals surface area contributed by atoms with E-state index >= 15 is 0 Å². The Kier molecular flexibility index (Phi) is 6.06. The van der Waals surface area contributed by atoms with Gasteiger partial charge in [0.1, 0.15) is 0 Å². The second-order valence-corrected chi connectivity index (χ2v) is 13.7. The molecule has 9 rings (SSSR count). The van der Waals surface area contributed by atoms with Crippen molar-refractivity contribution in [1.29, 1.82) is 0 Å². The monoisotopic (exact) mass is 606 g/mol. The number of rotatable bonds is 4. The van der Waals surface area contributed by atoms with Gasteiger partial charge in [0.05, 0.1) is 11.4 Å². The summed E-state index contributed by atoms with van der Waals surface area (Å²) in [5, 5.41) is 2.64. The van der Waals surface area contributed by atoms with Gasteiger partial charge < -0.3 is 0 Å². The number of hydrogen-bond acceptors (Lipinski definition) is 3. The van der Waals surface area contributed by atoms with Crippen LogP contribution in [0.1, 0.15) is 25.0 Å². The van der Waals surface area contributed by atoms with Gasteiger partial charge in [-0.15, -0.1) is 11.3 Å². The molecule has 2 nitrogen and oxygen atoms in total. The minimum atomic E-state index is -0.225. The average molecular weight is 607 g/mol. The van der Waals surface area contributed by atoms with E-state index in [-0.39, 0.29) is 5.41 Å². The van der Waals surface area contributed by atoms with Crippen LogP contribution in [0.25, 0.3) is 76.3 Å². The number of nitrogens with zero attached hydrogens (tertiary/aromatic N) is 2. The lowest BCUT2D eigenvalue weighted by molar-refractivity contribution is 0.658. The van der Waals surface area contributed by atoms with Gasteiger partial charge in [0, 0.05) is 47.8 Å². The highest BCUT2D eigenvalue weighted by Crippen LogP contribution is 2.51. The lowest BCUT2D eigenvalue weighted by Gasteiger charge is -2.24. The van der Waals surface area contributed by atoms with E-state index in [9.17, 15) is 0 Å². The van der Waals surface area contributed by atoms with Crippen LogP contribution in [0, 0.1) is 0 Å². The number of fused-ring (bicyclic) bond motifs is 6. The fraction of sp³-hybridized carbons (Fsp3) is 0.0698. The highest BCUT2D eigenvalue weighted by Gasteiger charge is 2.40. The quantitative estimate of drug-likeness (QED) is 0.199. The van der Waals surface area contributed by atoms with Crippen molar-refractivity contribution in [1.82, 2.24) is 9.97 Å². The SMILES string of the molecule is CC1(C)c2ccccc2-c2nc(-c3ccccc3)nc(-c3cccc(-c4cccc(-c5ccc6sc7ccccc7c6c5)c4)c3)c21. The van der Waals surface area contributed by atoms with E-state index in [0.717, 1.165) is 28.3 Å². The van der Waals surface area contributed by atoms with Crippen molar-refractivity contribution in [2.75, 3.05) is 0 Å². The molecule has 0 unspecified atom stereocenters. The molecule has 2 aromatic heterocycles. The van der Waals surface area contributed by atoms with Gasteiger partial charge in [-0.3, -0.25) is 0 Å². The Labute approximate surface area is 272 Å². The van der Waals surface area contributed by atoms with Crippen molar-refractivity contribution < 1.29 is 0 Å². The first-order chi connectivity index (χ1) is 22.5. The van der Waals surface area contributed by atoms with E-state index in [1.54, 1.807) is 0 Å². The van der Waals surface area contributed by atoms with Crippen molar-refractivity contribution in [3.63, 3.8) is 0 Å². The fourth-order valence-electron chi connectivity index (χ4n) is 7.17. The Hall–Kier alpha value is -5.38. The van der Waals surface area contributed by atoms with Gasteiger partial charge in [0.25, 0.3) is 0 Å². The first-order valence-electron chi connectivity index (χ1n) is 15.7. The first kappa shape index (κ1) is 27.0. The van der Waals surface area contributed by atoms with Crippen molar-refractivity contribution in [2.24, 2.45) is 0 Å². The Bertz CT molecular complexity index is 2450. The maximum Gasteiger partial charge on any atom is 0.160 e. The summed E-state index contributed by atoms with van der Waals surface area (Å²) < 4.78 is 2.66. The molecule has 0 bridgehead atoms. The zero-order valence-electron chi connectivity index (χ0n) is 25.7. The molecule has 0 atom stereocenters. The van der Waals surface area contributed by atoms with Crippen molar-refractivity contribution in [2.45, 2.75) is 19.3 Å². The molecule has 0 aliphatic heterocycles. The number of hydrogen-bond donors (Lipinski definition) is 0. The van der Waals surface area contributed by atoms with E-state index < -0.39 is 0 Å². The predicted octanol–water partition coefficient (Wildman–Crippen LogP) is 11.8. The molecule has 0 saturated heterocycles. The summed E-state index contributed by atoms with van der Waals surface area (Å²) in [6, 6.07) is 52.3. The highest BCUT2D eigenvalue weighted by molar-refractivity contribution is 7.25. The number of aromatic nitrogens is 2. The lowest BCUT2D eigenvalue weighted by Crippen LogP contribution is -2.17. The molecule has 6 aromatic carbocycles. The predicted molar refractivity (Wildman–Crippen MR) is 194 cm³/mol. The summed E-state index contributed by atoms with van der Waals surface area (Å²) >= 11 is 1.86. The Morgan fingerprint density at radius 2 is 1.04 bits per heavy atom. The third-order valence-electron chi connectivity index (χ3n) is 9.46. The lowest BCUT2D eigenvalue weighted by atomic mass is 9.80.